The maximum atomic E-state index is 10.5. The van der Waals surface area contributed by atoms with Crippen LogP contribution in [0.3, 0.4) is 0 Å². The van der Waals surface area contributed by atoms with Crippen molar-refractivity contribution in [3.63, 3.8) is 0 Å². The van der Waals surface area contributed by atoms with Crippen LogP contribution in [-0.2, 0) is 14.9 Å². The minimum atomic E-state index is -3.57. The smallest absolute Gasteiger partial charge is 0.274 e. The quantitative estimate of drug-likeness (QED) is 0.624. The number of ether oxygens (including phenoxy) is 1. The van der Waals surface area contributed by atoms with Crippen molar-refractivity contribution in [1.29, 1.82) is 0 Å². The molecule has 6 heteroatoms. The van der Waals surface area contributed by atoms with Crippen LogP contribution in [0, 0.1) is 0 Å². The molecule has 0 aliphatic heterocycles. The SMILES string of the molecule is COC1(CNS(N)(=O)=O)CCC1. The van der Waals surface area contributed by atoms with E-state index in [4.69, 9.17) is 9.88 Å². The van der Waals surface area contributed by atoms with E-state index >= 15 is 0 Å². The molecule has 0 aromatic rings. The van der Waals surface area contributed by atoms with Gasteiger partial charge in [-0.05, 0) is 19.3 Å². The summed E-state index contributed by atoms with van der Waals surface area (Å²) in [6, 6.07) is 0. The van der Waals surface area contributed by atoms with Crippen molar-refractivity contribution >= 4 is 10.2 Å². The molecule has 0 saturated heterocycles. The molecule has 72 valence electrons. The molecule has 1 rings (SSSR count). The molecule has 1 fully saturated rings. The second kappa shape index (κ2) is 3.29. The van der Waals surface area contributed by atoms with Crippen LogP contribution in [0.2, 0.25) is 0 Å². The fourth-order valence-electron chi connectivity index (χ4n) is 1.26. The van der Waals surface area contributed by atoms with Crippen molar-refractivity contribution in [1.82, 2.24) is 4.72 Å². The Hall–Kier alpha value is -0.170. The highest BCUT2D eigenvalue weighted by atomic mass is 32.2. The number of nitrogens with one attached hydrogen (secondary N) is 1. The van der Waals surface area contributed by atoms with Gasteiger partial charge in [0.1, 0.15) is 0 Å². The molecule has 0 bridgehead atoms. The van der Waals surface area contributed by atoms with Crippen LogP contribution in [0.15, 0.2) is 0 Å². The highest BCUT2D eigenvalue weighted by Gasteiger charge is 2.37. The van der Waals surface area contributed by atoms with Gasteiger partial charge in [0.2, 0.25) is 0 Å². The van der Waals surface area contributed by atoms with Gasteiger partial charge in [0.15, 0.2) is 0 Å². The fraction of sp³-hybridized carbons (Fsp3) is 1.00. The second-order valence-corrected chi connectivity index (χ2v) is 4.49. The van der Waals surface area contributed by atoms with Crippen LogP contribution in [0.25, 0.3) is 0 Å². The first-order valence-electron chi connectivity index (χ1n) is 3.80. The molecule has 0 spiro atoms. The van der Waals surface area contributed by atoms with Crippen molar-refractivity contribution in [2.75, 3.05) is 13.7 Å². The number of hydrogen-bond donors (Lipinski definition) is 2. The Morgan fingerprint density at radius 1 is 1.58 bits per heavy atom. The predicted octanol–water partition coefficient (Wildman–Crippen LogP) is -0.651. The van der Waals surface area contributed by atoms with E-state index in [1.807, 2.05) is 0 Å². The van der Waals surface area contributed by atoms with Gasteiger partial charge in [-0.2, -0.15) is 13.1 Å². The van der Waals surface area contributed by atoms with Gasteiger partial charge < -0.3 is 4.74 Å². The molecular formula is C6H14N2O3S. The zero-order valence-corrected chi connectivity index (χ0v) is 7.86. The molecular weight excluding hydrogens is 180 g/mol. The first-order chi connectivity index (χ1) is 5.47. The van der Waals surface area contributed by atoms with E-state index in [1.165, 1.54) is 0 Å². The monoisotopic (exact) mass is 194 g/mol. The summed E-state index contributed by atoms with van der Waals surface area (Å²) >= 11 is 0. The summed E-state index contributed by atoms with van der Waals surface area (Å²) in [4.78, 5) is 0. The maximum Gasteiger partial charge on any atom is 0.274 e. The van der Waals surface area contributed by atoms with Crippen molar-refractivity contribution in [3.05, 3.63) is 0 Å². The van der Waals surface area contributed by atoms with E-state index < -0.39 is 10.2 Å². The zero-order chi connectivity index (χ0) is 9.24. The lowest BCUT2D eigenvalue weighted by Gasteiger charge is -2.40. The van der Waals surface area contributed by atoms with Gasteiger partial charge in [-0.1, -0.05) is 0 Å². The molecule has 5 nitrogen and oxygen atoms in total. The fourth-order valence-corrected chi connectivity index (χ4v) is 1.72. The normalized spacial score (nSPS) is 21.8. The molecule has 1 aliphatic rings. The third-order valence-electron chi connectivity index (χ3n) is 2.29. The van der Waals surface area contributed by atoms with Crippen LogP contribution in [0.4, 0.5) is 0 Å². The molecule has 0 unspecified atom stereocenters. The first kappa shape index (κ1) is 9.91. The molecule has 0 radical (unpaired) electrons. The van der Waals surface area contributed by atoms with Gasteiger partial charge in [0.05, 0.1) is 5.60 Å². The lowest BCUT2D eigenvalue weighted by molar-refractivity contribution is -0.0659. The lowest BCUT2D eigenvalue weighted by atomic mass is 9.80. The van der Waals surface area contributed by atoms with Gasteiger partial charge in [-0.3, -0.25) is 0 Å². The minimum absolute atomic E-state index is 0.280. The molecule has 0 aromatic heterocycles. The van der Waals surface area contributed by atoms with Crippen molar-refractivity contribution in [2.45, 2.75) is 24.9 Å². The van der Waals surface area contributed by atoms with E-state index in [-0.39, 0.29) is 12.1 Å². The number of hydrogen-bond acceptors (Lipinski definition) is 3. The van der Waals surface area contributed by atoms with E-state index in [0.29, 0.717) is 0 Å². The molecule has 0 amide bonds. The molecule has 0 aromatic carbocycles. The summed E-state index contributed by atoms with van der Waals surface area (Å²) in [5, 5.41) is 4.78. The number of methoxy groups -OCH3 is 1. The summed E-state index contributed by atoms with van der Waals surface area (Å²) in [5.74, 6) is 0. The highest BCUT2D eigenvalue weighted by Crippen LogP contribution is 2.34. The molecule has 0 atom stereocenters. The van der Waals surface area contributed by atoms with Crippen molar-refractivity contribution < 1.29 is 13.2 Å². The van der Waals surface area contributed by atoms with Gasteiger partial charge in [-0.25, -0.2) is 5.14 Å². The standard InChI is InChI=1S/C6H14N2O3S/c1-11-6(3-2-4-6)5-8-12(7,9)10/h8H,2-5H2,1H3,(H2,7,9,10). The Kier molecular flexibility index (Phi) is 2.72. The van der Waals surface area contributed by atoms with Gasteiger partial charge >= 0.3 is 0 Å². The molecule has 3 N–H and O–H groups in total. The van der Waals surface area contributed by atoms with Crippen LogP contribution in [0.1, 0.15) is 19.3 Å². The summed E-state index contributed by atoms with van der Waals surface area (Å²) < 4.78 is 28.5. The van der Waals surface area contributed by atoms with Gasteiger partial charge in [0.25, 0.3) is 10.2 Å². The van der Waals surface area contributed by atoms with E-state index in [9.17, 15) is 8.42 Å². The average Bonchev–Trinajstić information content (AvgIpc) is 1.84. The van der Waals surface area contributed by atoms with Crippen LogP contribution >= 0.6 is 0 Å². The van der Waals surface area contributed by atoms with Gasteiger partial charge in [0, 0.05) is 13.7 Å². The van der Waals surface area contributed by atoms with Crippen LogP contribution in [-0.4, -0.2) is 27.7 Å². The van der Waals surface area contributed by atoms with E-state index in [2.05, 4.69) is 4.72 Å². The summed E-state index contributed by atoms with van der Waals surface area (Å²) in [7, 11) is -1.99. The highest BCUT2D eigenvalue weighted by molar-refractivity contribution is 7.87. The third-order valence-corrected chi connectivity index (χ3v) is 2.84. The first-order valence-corrected chi connectivity index (χ1v) is 5.35. The molecule has 1 saturated carbocycles. The van der Waals surface area contributed by atoms with E-state index in [1.54, 1.807) is 7.11 Å². The van der Waals surface area contributed by atoms with Gasteiger partial charge in [-0.15, -0.1) is 0 Å². The van der Waals surface area contributed by atoms with Crippen LogP contribution in [0.5, 0.6) is 0 Å². The lowest BCUT2D eigenvalue weighted by Crippen LogP contribution is -2.50. The predicted molar refractivity (Wildman–Crippen MR) is 44.7 cm³/mol. The largest absolute Gasteiger partial charge is 0.377 e. The second-order valence-electron chi connectivity index (χ2n) is 3.11. The van der Waals surface area contributed by atoms with Crippen LogP contribution < -0.4 is 9.86 Å². The van der Waals surface area contributed by atoms with Crippen molar-refractivity contribution in [2.24, 2.45) is 5.14 Å². The summed E-state index contributed by atoms with van der Waals surface area (Å²) in [5.41, 5.74) is -0.299. The summed E-state index contributed by atoms with van der Waals surface area (Å²) in [6.45, 7) is 0.280. The zero-order valence-electron chi connectivity index (χ0n) is 7.04. The average molecular weight is 194 g/mol. The number of nitrogens with two attached hydrogens (primary N) is 1. The Morgan fingerprint density at radius 2 is 2.17 bits per heavy atom. The Labute approximate surface area is 72.5 Å². The Morgan fingerprint density at radius 3 is 2.42 bits per heavy atom. The minimum Gasteiger partial charge on any atom is -0.377 e. The third kappa shape index (κ3) is 2.41. The number of rotatable bonds is 4. The van der Waals surface area contributed by atoms with E-state index in [0.717, 1.165) is 19.3 Å². The summed E-state index contributed by atoms with van der Waals surface area (Å²) in [6.07, 6.45) is 2.87. The molecule has 1 aliphatic carbocycles. The Balaban J connectivity index is 2.40. The topological polar surface area (TPSA) is 81.4 Å². The molecule has 12 heavy (non-hydrogen) atoms. The molecule has 0 heterocycles. The Bertz CT molecular complexity index is 240. The van der Waals surface area contributed by atoms with Crippen molar-refractivity contribution in [3.8, 4) is 0 Å². The maximum absolute atomic E-state index is 10.5.